The van der Waals surface area contributed by atoms with Crippen LogP contribution >= 0.6 is 0 Å². The fourth-order valence-corrected chi connectivity index (χ4v) is 4.90. The third kappa shape index (κ3) is 4.06. The van der Waals surface area contributed by atoms with Gasteiger partial charge in [-0.15, -0.1) is 0 Å². The lowest BCUT2D eigenvalue weighted by atomic mass is 9.84. The molecule has 4 rings (SSSR count). The summed E-state index contributed by atoms with van der Waals surface area (Å²) >= 11 is 0. The predicted octanol–water partition coefficient (Wildman–Crippen LogP) is 5.13. The van der Waals surface area contributed by atoms with Crippen LogP contribution in [0.5, 0.6) is 0 Å². The molecule has 2 aliphatic heterocycles. The van der Waals surface area contributed by atoms with Crippen molar-refractivity contribution in [3.63, 3.8) is 0 Å². The molecule has 2 heterocycles. The van der Waals surface area contributed by atoms with Crippen molar-refractivity contribution in [3.05, 3.63) is 47.5 Å². The van der Waals surface area contributed by atoms with Gasteiger partial charge in [0.25, 0.3) is 0 Å². The molecule has 0 spiro atoms. The number of nitrogens with one attached hydrogen (secondary N) is 1. The molecule has 2 bridgehead atoms. The molecule has 0 saturated heterocycles. The van der Waals surface area contributed by atoms with Gasteiger partial charge in [-0.05, 0) is 69.9 Å². The van der Waals surface area contributed by atoms with Crippen LogP contribution in [0.4, 0.5) is 4.79 Å². The molecule has 1 N–H and O–H groups in total. The molecule has 4 heteroatoms. The summed E-state index contributed by atoms with van der Waals surface area (Å²) in [6.07, 6.45) is 10.2. The second-order valence-corrected chi connectivity index (χ2v) is 9.29. The molecule has 27 heavy (non-hydrogen) atoms. The zero-order valence-corrected chi connectivity index (χ0v) is 16.8. The van der Waals surface area contributed by atoms with E-state index < -0.39 is 5.60 Å². The number of carbonyl (C=O) groups is 1. The van der Waals surface area contributed by atoms with Gasteiger partial charge in [0.2, 0.25) is 0 Å². The first-order valence-corrected chi connectivity index (χ1v) is 10.4. The molecule has 1 amide bonds. The Kier molecular flexibility index (Phi) is 5.02. The summed E-state index contributed by atoms with van der Waals surface area (Å²) in [5, 5.41) is 3.05. The van der Waals surface area contributed by atoms with Crippen LogP contribution in [0.15, 0.2) is 36.4 Å². The van der Waals surface area contributed by atoms with E-state index >= 15 is 0 Å². The fourth-order valence-electron chi connectivity index (χ4n) is 4.90. The highest BCUT2D eigenvalue weighted by Crippen LogP contribution is 2.48. The minimum absolute atomic E-state index is 0.269. The Bertz CT molecular complexity index is 680. The minimum atomic E-state index is -0.429. The Hall–Kier alpha value is -1.81. The highest BCUT2D eigenvalue weighted by atomic mass is 16.6. The average Bonchev–Trinajstić information content (AvgIpc) is 3.16. The minimum Gasteiger partial charge on any atom is -0.444 e. The van der Waals surface area contributed by atoms with Crippen LogP contribution in [0.1, 0.15) is 76.1 Å². The summed E-state index contributed by atoms with van der Waals surface area (Å²) in [7, 11) is 0. The first-order valence-electron chi connectivity index (χ1n) is 10.4. The van der Waals surface area contributed by atoms with Crippen molar-refractivity contribution < 1.29 is 9.53 Å². The standard InChI is InChI=1S/C23H32N2O2/c1-23(2,3)27-22(26)24-17-10-8-16(9-11-17)14-15-25-20-12-13-21(25)19-7-5-4-6-18(19)20/h4-7,12-13,16-17,20-21H,8-11,14-15H2,1-3H3,(H,24,26). The zero-order chi connectivity index (χ0) is 19.0. The molecular formula is C23H32N2O2. The number of hydrogen-bond donors (Lipinski definition) is 1. The molecule has 1 aromatic rings. The van der Waals surface area contributed by atoms with E-state index in [1.165, 1.54) is 30.4 Å². The van der Waals surface area contributed by atoms with Gasteiger partial charge >= 0.3 is 6.09 Å². The topological polar surface area (TPSA) is 41.6 Å². The summed E-state index contributed by atoms with van der Waals surface area (Å²) in [5.41, 5.74) is 2.56. The summed E-state index contributed by atoms with van der Waals surface area (Å²) in [6.45, 7) is 6.87. The van der Waals surface area contributed by atoms with Crippen molar-refractivity contribution in [2.24, 2.45) is 5.92 Å². The molecule has 1 fully saturated rings. The van der Waals surface area contributed by atoms with E-state index in [-0.39, 0.29) is 12.1 Å². The van der Waals surface area contributed by atoms with Gasteiger partial charge in [-0.25, -0.2) is 4.79 Å². The highest BCUT2D eigenvalue weighted by Gasteiger charge is 2.39. The summed E-state index contributed by atoms with van der Waals surface area (Å²) in [4.78, 5) is 14.6. The van der Waals surface area contributed by atoms with E-state index in [0.717, 1.165) is 25.3 Å². The van der Waals surface area contributed by atoms with Crippen LogP contribution in [-0.2, 0) is 4.74 Å². The lowest BCUT2D eigenvalue weighted by molar-refractivity contribution is 0.0485. The molecule has 4 nitrogen and oxygen atoms in total. The van der Waals surface area contributed by atoms with E-state index in [2.05, 4.69) is 46.6 Å². The van der Waals surface area contributed by atoms with Crippen LogP contribution in [0.3, 0.4) is 0 Å². The average molecular weight is 369 g/mol. The van der Waals surface area contributed by atoms with Crippen molar-refractivity contribution in [1.29, 1.82) is 0 Å². The number of nitrogens with zero attached hydrogens (tertiary/aromatic N) is 1. The maximum absolute atomic E-state index is 11.9. The van der Waals surface area contributed by atoms with Gasteiger partial charge in [0, 0.05) is 12.6 Å². The van der Waals surface area contributed by atoms with Crippen molar-refractivity contribution in [3.8, 4) is 0 Å². The number of benzene rings is 1. The molecule has 1 aromatic carbocycles. The monoisotopic (exact) mass is 368 g/mol. The Balaban J connectivity index is 1.22. The molecule has 0 aromatic heterocycles. The van der Waals surface area contributed by atoms with E-state index in [1.54, 1.807) is 0 Å². The van der Waals surface area contributed by atoms with Crippen LogP contribution in [0.25, 0.3) is 0 Å². The van der Waals surface area contributed by atoms with Crippen molar-refractivity contribution in [1.82, 2.24) is 10.2 Å². The Morgan fingerprint density at radius 2 is 1.67 bits per heavy atom. The Labute approximate surface area is 163 Å². The second kappa shape index (κ2) is 7.31. The molecule has 3 aliphatic rings. The molecule has 2 atom stereocenters. The summed E-state index contributed by atoms with van der Waals surface area (Å²) in [5.74, 6) is 0.768. The molecule has 2 unspecified atom stereocenters. The number of ether oxygens (including phenoxy) is 1. The third-order valence-electron chi connectivity index (χ3n) is 6.19. The van der Waals surface area contributed by atoms with Gasteiger partial charge in [0.15, 0.2) is 0 Å². The maximum atomic E-state index is 11.9. The number of alkyl carbamates (subject to hydrolysis) is 1. The van der Waals surface area contributed by atoms with E-state index in [1.807, 2.05) is 20.8 Å². The van der Waals surface area contributed by atoms with E-state index in [4.69, 9.17) is 4.74 Å². The first kappa shape index (κ1) is 18.5. The van der Waals surface area contributed by atoms with Crippen molar-refractivity contribution in [2.45, 2.75) is 76.6 Å². The van der Waals surface area contributed by atoms with Crippen LogP contribution in [-0.4, -0.2) is 29.2 Å². The second-order valence-electron chi connectivity index (χ2n) is 9.29. The smallest absolute Gasteiger partial charge is 0.407 e. The zero-order valence-electron chi connectivity index (χ0n) is 16.8. The summed E-state index contributed by atoms with van der Waals surface area (Å²) < 4.78 is 5.38. The van der Waals surface area contributed by atoms with Gasteiger partial charge in [0.1, 0.15) is 5.60 Å². The number of hydrogen-bond acceptors (Lipinski definition) is 3. The normalized spacial score (nSPS) is 29.6. The maximum Gasteiger partial charge on any atom is 0.407 e. The third-order valence-corrected chi connectivity index (χ3v) is 6.19. The molecular weight excluding hydrogens is 336 g/mol. The largest absolute Gasteiger partial charge is 0.444 e. The van der Waals surface area contributed by atoms with Crippen molar-refractivity contribution >= 4 is 6.09 Å². The fraction of sp³-hybridized carbons (Fsp3) is 0.609. The molecule has 0 radical (unpaired) electrons. The van der Waals surface area contributed by atoms with Gasteiger partial charge in [0.05, 0.1) is 12.1 Å². The van der Waals surface area contributed by atoms with Gasteiger partial charge in [-0.2, -0.15) is 0 Å². The van der Waals surface area contributed by atoms with Gasteiger partial charge < -0.3 is 10.1 Å². The number of carbonyl (C=O) groups excluding carboxylic acids is 1. The molecule has 146 valence electrons. The SMILES string of the molecule is CC(C)(C)OC(=O)NC1CCC(CCN2C3C=CC2c2ccccc23)CC1. The molecule has 1 saturated carbocycles. The highest BCUT2D eigenvalue weighted by molar-refractivity contribution is 5.68. The lowest BCUT2D eigenvalue weighted by Gasteiger charge is -2.31. The van der Waals surface area contributed by atoms with E-state index in [0.29, 0.717) is 12.1 Å². The van der Waals surface area contributed by atoms with Crippen molar-refractivity contribution in [2.75, 3.05) is 6.54 Å². The summed E-state index contributed by atoms with van der Waals surface area (Å²) in [6, 6.07) is 10.1. The van der Waals surface area contributed by atoms with Gasteiger partial charge in [-0.1, -0.05) is 36.4 Å². The number of fused-ring (bicyclic) bond motifs is 5. The number of rotatable bonds is 4. The van der Waals surface area contributed by atoms with E-state index in [9.17, 15) is 4.79 Å². The van der Waals surface area contributed by atoms with Gasteiger partial charge in [-0.3, -0.25) is 4.90 Å². The first-order chi connectivity index (χ1) is 12.9. The molecule has 1 aliphatic carbocycles. The Morgan fingerprint density at radius 1 is 1.07 bits per heavy atom. The van der Waals surface area contributed by atoms with Crippen LogP contribution < -0.4 is 5.32 Å². The lowest BCUT2D eigenvalue weighted by Crippen LogP contribution is -2.41. The van der Waals surface area contributed by atoms with Crippen LogP contribution in [0, 0.1) is 5.92 Å². The predicted molar refractivity (Wildman–Crippen MR) is 108 cm³/mol. The Morgan fingerprint density at radius 3 is 2.22 bits per heavy atom. The van der Waals surface area contributed by atoms with Crippen LogP contribution in [0.2, 0.25) is 0 Å². The quantitative estimate of drug-likeness (QED) is 0.749. The number of amides is 1.